The Balaban J connectivity index is 1.95. The molecule has 0 fully saturated rings. The van der Waals surface area contributed by atoms with E-state index in [-0.39, 0.29) is 23.8 Å². The number of carboxylic acid groups (broad SMARTS) is 1. The number of hydrogen-bond acceptors (Lipinski definition) is 4. The summed E-state index contributed by atoms with van der Waals surface area (Å²) in [6.07, 6.45) is 1.27. The van der Waals surface area contributed by atoms with Gasteiger partial charge in [0.15, 0.2) is 0 Å². The highest BCUT2D eigenvalue weighted by molar-refractivity contribution is 5.91. The van der Waals surface area contributed by atoms with Gasteiger partial charge in [0.1, 0.15) is 19.5 Å². The summed E-state index contributed by atoms with van der Waals surface area (Å²) in [5.74, 6) is -1.26. The van der Waals surface area contributed by atoms with Crippen LogP contribution in [-0.4, -0.2) is 30.2 Å². The van der Waals surface area contributed by atoms with Gasteiger partial charge >= 0.3 is 5.97 Å². The lowest BCUT2D eigenvalue weighted by atomic mass is 10.1. The van der Waals surface area contributed by atoms with Gasteiger partial charge in [-0.3, -0.25) is 4.79 Å². The summed E-state index contributed by atoms with van der Waals surface area (Å²) in [5.41, 5.74) is 0.883. The fourth-order valence-corrected chi connectivity index (χ4v) is 1.57. The number of carbonyl (C=O) groups is 2. The number of amides is 1. The van der Waals surface area contributed by atoms with Crippen LogP contribution in [0, 0.1) is 0 Å². The molecule has 2 N–H and O–H groups in total. The molecule has 0 saturated heterocycles. The summed E-state index contributed by atoms with van der Waals surface area (Å²) in [7, 11) is 0. The molecule has 1 aromatic carbocycles. The van der Waals surface area contributed by atoms with Gasteiger partial charge in [0.25, 0.3) is 5.91 Å². The average Bonchev–Trinajstić information content (AvgIpc) is 2.46. The van der Waals surface area contributed by atoms with Crippen LogP contribution in [0.3, 0.4) is 0 Å². The number of hydrogen-bond donors (Lipinski definition) is 2. The number of nitrogens with one attached hydrogen (secondary N) is 1. The zero-order valence-corrected chi connectivity index (χ0v) is 10.1. The van der Waals surface area contributed by atoms with Crippen molar-refractivity contribution in [1.29, 1.82) is 0 Å². The maximum atomic E-state index is 11.7. The molecule has 0 spiro atoms. The molecule has 100 valence electrons. The summed E-state index contributed by atoms with van der Waals surface area (Å²) in [6.45, 7) is 0.992. The molecule has 1 aromatic rings. The van der Waals surface area contributed by atoms with E-state index in [0.717, 1.165) is 0 Å². The molecule has 1 aliphatic rings. The van der Waals surface area contributed by atoms with Gasteiger partial charge in [-0.1, -0.05) is 12.1 Å². The van der Waals surface area contributed by atoms with Crippen LogP contribution in [-0.2, 0) is 20.8 Å². The maximum absolute atomic E-state index is 11.7. The van der Waals surface area contributed by atoms with Crippen LogP contribution in [0.15, 0.2) is 36.3 Å². The number of ether oxygens (including phenoxy) is 2. The van der Waals surface area contributed by atoms with E-state index < -0.39 is 5.97 Å². The third-order valence-corrected chi connectivity index (χ3v) is 2.50. The summed E-state index contributed by atoms with van der Waals surface area (Å²) >= 11 is 0. The predicted molar refractivity (Wildman–Crippen MR) is 65.2 cm³/mol. The van der Waals surface area contributed by atoms with E-state index in [2.05, 4.69) is 5.32 Å². The molecule has 0 radical (unpaired) electrons. The Morgan fingerprint density at radius 1 is 1.32 bits per heavy atom. The van der Waals surface area contributed by atoms with E-state index in [1.54, 1.807) is 12.1 Å². The van der Waals surface area contributed by atoms with Gasteiger partial charge < -0.3 is 19.9 Å². The molecular weight excluding hydrogens is 250 g/mol. The molecule has 1 amide bonds. The quantitative estimate of drug-likeness (QED) is 0.842. The van der Waals surface area contributed by atoms with Gasteiger partial charge in [0.05, 0.1) is 5.56 Å². The molecule has 0 atom stereocenters. The van der Waals surface area contributed by atoms with Crippen molar-refractivity contribution >= 4 is 11.9 Å². The van der Waals surface area contributed by atoms with E-state index in [0.29, 0.717) is 18.8 Å². The lowest BCUT2D eigenvalue weighted by molar-refractivity contribution is -0.122. The number of rotatable bonds is 4. The van der Waals surface area contributed by atoms with Crippen LogP contribution in [0.4, 0.5) is 0 Å². The van der Waals surface area contributed by atoms with Crippen molar-refractivity contribution in [3.63, 3.8) is 0 Å². The molecule has 0 saturated carbocycles. The highest BCUT2D eigenvalue weighted by Gasteiger charge is 2.14. The Morgan fingerprint density at radius 2 is 2.16 bits per heavy atom. The molecule has 2 rings (SSSR count). The molecule has 1 heterocycles. The van der Waals surface area contributed by atoms with Gasteiger partial charge in [-0.2, -0.15) is 0 Å². The van der Waals surface area contributed by atoms with Crippen LogP contribution >= 0.6 is 0 Å². The van der Waals surface area contributed by atoms with E-state index in [1.807, 2.05) is 0 Å². The van der Waals surface area contributed by atoms with Crippen molar-refractivity contribution in [2.45, 2.75) is 6.54 Å². The van der Waals surface area contributed by atoms with Gasteiger partial charge in [0.2, 0.25) is 5.76 Å². The standard InChI is InChI=1S/C13H13NO5/c15-12(11-8-18-4-5-19-11)14-7-9-2-1-3-10(6-9)13(16)17/h1-3,6,8H,4-5,7H2,(H,14,15)(H,16,17). The molecule has 0 aliphatic carbocycles. The Morgan fingerprint density at radius 3 is 2.84 bits per heavy atom. The van der Waals surface area contributed by atoms with Gasteiger partial charge in [-0.25, -0.2) is 4.79 Å². The zero-order valence-electron chi connectivity index (χ0n) is 10.1. The smallest absolute Gasteiger partial charge is 0.335 e. The van der Waals surface area contributed by atoms with Gasteiger partial charge in [-0.15, -0.1) is 0 Å². The van der Waals surface area contributed by atoms with Crippen LogP contribution in [0.2, 0.25) is 0 Å². The van der Waals surface area contributed by atoms with Crippen molar-refractivity contribution in [3.8, 4) is 0 Å². The minimum Gasteiger partial charge on any atom is -0.494 e. The van der Waals surface area contributed by atoms with Gasteiger partial charge in [-0.05, 0) is 17.7 Å². The third kappa shape index (κ3) is 3.48. The van der Waals surface area contributed by atoms with Crippen LogP contribution in [0.1, 0.15) is 15.9 Å². The van der Waals surface area contributed by atoms with E-state index >= 15 is 0 Å². The SMILES string of the molecule is O=C(NCc1cccc(C(=O)O)c1)C1=COCCO1. The Hall–Kier alpha value is -2.50. The van der Waals surface area contributed by atoms with Crippen molar-refractivity contribution in [1.82, 2.24) is 5.32 Å². The van der Waals surface area contributed by atoms with Gasteiger partial charge in [0, 0.05) is 6.54 Å². The first kappa shape index (κ1) is 12.9. The number of benzene rings is 1. The Kier molecular flexibility index (Phi) is 4.02. The molecule has 0 bridgehead atoms. The maximum Gasteiger partial charge on any atom is 0.335 e. The summed E-state index contributed by atoms with van der Waals surface area (Å²) in [6, 6.07) is 6.37. The van der Waals surface area contributed by atoms with Crippen LogP contribution in [0.25, 0.3) is 0 Å². The third-order valence-electron chi connectivity index (χ3n) is 2.50. The summed E-state index contributed by atoms with van der Waals surface area (Å²) in [5, 5.41) is 11.5. The van der Waals surface area contributed by atoms with Crippen molar-refractivity contribution < 1.29 is 24.2 Å². The lowest BCUT2D eigenvalue weighted by Gasteiger charge is -2.15. The Labute approximate surface area is 109 Å². The van der Waals surface area contributed by atoms with E-state index in [1.165, 1.54) is 18.4 Å². The first-order valence-corrected chi connectivity index (χ1v) is 5.72. The Bertz CT molecular complexity index is 524. The molecule has 6 heteroatoms. The monoisotopic (exact) mass is 263 g/mol. The van der Waals surface area contributed by atoms with E-state index in [4.69, 9.17) is 14.6 Å². The van der Waals surface area contributed by atoms with Crippen molar-refractivity contribution in [2.24, 2.45) is 0 Å². The number of carboxylic acids is 1. The summed E-state index contributed by atoms with van der Waals surface area (Å²) < 4.78 is 10.1. The first-order valence-electron chi connectivity index (χ1n) is 5.72. The van der Waals surface area contributed by atoms with Crippen molar-refractivity contribution in [3.05, 3.63) is 47.4 Å². The first-order chi connectivity index (χ1) is 9.16. The predicted octanol–water partition coefficient (Wildman–Crippen LogP) is 0.889. The second-order valence-electron chi connectivity index (χ2n) is 3.89. The second-order valence-corrected chi connectivity index (χ2v) is 3.89. The largest absolute Gasteiger partial charge is 0.494 e. The fraction of sp³-hybridized carbons (Fsp3) is 0.231. The zero-order chi connectivity index (χ0) is 13.7. The highest BCUT2D eigenvalue weighted by Crippen LogP contribution is 2.07. The molecular formula is C13H13NO5. The fourth-order valence-electron chi connectivity index (χ4n) is 1.57. The van der Waals surface area contributed by atoms with E-state index in [9.17, 15) is 9.59 Å². The molecule has 0 aromatic heterocycles. The average molecular weight is 263 g/mol. The number of carbonyl (C=O) groups excluding carboxylic acids is 1. The van der Waals surface area contributed by atoms with Crippen LogP contribution < -0.4 is 5.32 Å². The van der Waals surface area contributed by atoms with Crippen LogP contribution in [0.5, 0.6) is 0 Å². The number of aromatic carboxylic acids is 1. The molecule has 1 aliphatic heterocycles. The molecule has 6 nitrogen and oxygen atoms in total. The minimum atomic E-state index is -1.00. The molecule has 0 unspecified atom stereocenters. The lowest BCUT2D eigenvalue weighted by Crippen LogP contribution is -2.28. The van der Waals surface area contributed by atoms with Crippen molar-refractivity contribution in [2.75, 3.05) is 13.2 Å². The normalized spacial score (nSPS) is 13.8. The summed E-state index contributed by atoms with van der Waals surface area (Å²) in [4.78, 5) is 22.5. The highest BCUT2D eigenvalue weighted by atomic mass is 16.6. The minimum absolute atomic E-state index is 0.126. The molecule has 19 heavy (non-hydrogen) atoms. The second kappa shape index (κ2) is 5.90. The topological polar surface area (TPSA) is 84.9 Å².